The summed E-state index contributed by atoms with van der Waals surface area (Å²) in [7, 11) is 0. The molecule has 1 N–H and O–H groups in total. The number of carbonyl (C=O) groups is 4. The first-order valence-electron chi connectivity index (χ1n) is 9.28. The maximum absolute atomic E-state index is 12.7. The Hall–Kier alpha value is -3.43. The molecule has 0 fully saturated rings. The van der Waals surface area contributed by atoms with Crippen molar-refractivity contribution in [2.75, 3.05) is 11.9 Å². The Labute approximate surface area is 195 Å². The van der Waals surface area contributed by atoms with Gasteiger partial charge in [0, 0.05) is 4.47 Å². The van der Waals surface area contributed by atoms with Crippen LogP contribution in [0.1, 0.15) is 36.8 Å². The summed E-state index contributed by atoms with van der Waals surface area (Å²) < 4.78 is 11.0. The topological polar surface area (TPSA) is 106 Å². The number of imide groups is 1. The molecule has 162 valence electrons. The van der Waals surface area contributed by atoms with Gasteiger partial charge in [-0.15, -0.1) is 0 Å². The van der Waals surface area contributed by atoms with Gasteiger partial charge in [-0.1, -0.05) is 27.5 Å². The van der Waals surface area contributed by atoms with E-state index in [2.05, 4.69) is 21.2 Å². The molecule has 0 atom stereocenters. The average molecular weight is 518 g/mol. The zero-order valence-corrected chi connectivity index (χ0v) is 18.6. The van der Waals surface area contributed by atoms with E-state index in [0.717, 1.165) is 9.37 Å². The van der Waals surface area contributed by atoms with E-state index >= 15 is 0 Å². The third kappa shape index (κ3) is 4.44. The minimum Gasteiger partial charge on any atom is -0.467 e. The van der Waals surface area contributed by atoms with Gasteiger partial charge in [-0.25, -0.2) is 4.79 Å². The van der Waals surface area contributed by atoms with Crippen molar-refractivity contribution < 1.29 is 28.3 Å². The summed E-state index contributed by atoms with van der Waals surface area (Å²) in [5, 5.41) is 2.86. The third-order valence-electron chi connectivity index (χ3n) is 4.64. The number of hydrogen-bond acceptors (Lipinski definition) is 6. The monoisotopic (exact) mass is 516 g/mol. The van der Waals surface area contributed by atoms with Crippen LogP contribution in [0.25, 0.3) is 0 Å². The second-order valence-electron chi connectivity index (χ2n) is 6.78. The van der Waals surface area contributed by atoms with Gasteiger partial charge in [0.25, 0.3) is 17.7 Å². The van der Waals surface area contributed by atoms with E-state index in [1.807, 2.05) is 0 Å². The fourth-order valence-corrected chi connectivity index (χ4v) is 3.83. The molecule has 0 radical (unpaired) electrons. The highest BCUT2D eigenvalue weighted by atomic mass is 79.9. The van der Waals surface area contributed by atoms with Crippen LogP contribution >= 0.6 is 27.5 Å². The van der Waals surface area contributed by atoms with Gasteiger partial charge in [0.2, 0.25) is 0 Å². The first kappa shape index (κ1) is 21.8. The molecule has 8 nitrogen and oxygen atoms in total. The fourth-order valence-electron chi connectivity index (χ4n) is 3.11. The molecule has 32 heavy (non-hydrogen) atoms. The molecule has 3 amide bonds. The van der Waals surface area contributed by atoms with E-state index in [-0.39, 0.29) is 23.2 Å². The van der Waals surface area contributed by atoms with Crippen molar-refractivity contribution in [3.8, 4) is 0 Å². The molecular weight excluding hydrogens is 504 g/mol. The van der Waals surface area contributed by atoms with Crippen molar-refractivity contribution >= 4 is 56.9 Å². The molecule has 2 heterocycles. The van der Waals surface area contributed by atoms with Crippen LogP contribution in [-0.4, -0.2) is 35.2 Å². The Morgan fingerprint density at radius 2 is 1.84 bits per heavy atom. The SMILES string of the molecule is O=C(COC(=O)c1ccc2c(c1)C(=O)N(Cc1ccco1)C2=O)Nc1ccc(Br)cc1Cl. The summed E-state index contributed by atoms with van der Waals surface area (Å²) in [6.07, 6.45) is 1.45. The van der Waals surface area contributed by atoms with Gasteiger partial charge in [0.15, 0.2) is 6.61 Å². The number of rotatable bonds is 6. The smallest absolute Gasteiger partial charge is 0.338 e. The molecule has 0 spiro atoms. The molecule has 3 aromatic rings. The van der Waals surface area contributed by atoms with Gasteiger partial charge in [-0.2, -0.15) is 0 Å². The van der Waals surface area contributed by atoms with E-state index < -0.39 is 30.3 Å². The molecule has 0 bridgehead atoms. The molecule has 1 aliphatic rings. The van der Waals surface area contributed by atoms with Crippen molar-refractivity contribution in [3.05, 3.63) is 86.7 Å². The molecule has 2 aromatic carbocycles. The van der Waals surface area contributed by atoms with Crippen LogP contribution in [0.3, 0.4) is 0 Å². The lowest BCUT2D eigenvalue weighted by Crippen LogP contribution is -2.28. The third-order valence-corrected chi connectivity index (χ3v) is 5.45. The number of carbonyl (C=O) groups excluding carboxylic acids is 4. The highest BCUT2D eigenvalue weighted by Gasteiger charge is 2.36. The molecule has 1 aliphatic heterocycles. The summed E-state index contributed by atoms with van der Waals surface area (Å²) in [4.78, 5) is 50.7. The van der Waals surface area contributed by atoms with E-state index in [4.69, 9.17) is 20.8 Å². The number of nitrogens with one attached hydrogen (secondary N) is 1. The van der Waals surface area contributed by atoms with Crippen LogP contribution in [-0.2, 0) is 16.1 Å². The van der Waals surface area contributed by atoms with Crippen LogP contribution in [0.4, 0.5) is 5.69 Å². The Bertz CT molecular complexity index is 1240. The second-order valence-corrected chi connectivity index (χ2v) is 8.11. The van der Waals surface area contributed by atoms with E-state index in [1.165, 1.54) is 24.5 Å². The maximum Gasteiger partial charge on any atom is 0.338 e. The van der Waals surface area contributed by atoms with Crippen molar-refractivity contribution in [1.82, 2.24) is 4.90 Å². The zero-order chi connectivity index (χ0) is 22.8. The summed E-state index contributed by atoms with van der Waals surface area (Å²) in [6.45, 7) is -0.572. The fraction of sp³-hybridized carbons (Fsp3) is 0.0909. The Balaban J connectivity index is 1.40. The van der Waals surface area contributed by atoms with Crippen LogP contribution in [0, 0.1) is 0 Å². The van der Waals surface area contributed by atoms with Crippen molar-refractivity contribution in [2.45, 2.75) is 6.54 Å². The van der Waals surface area contributed by atoms with Gasteiger partial charge < -0.3 is 14.5 Å². The second kappa shape index (κ2) is 8.97. The average Bonchev–Trinajstić information content (AvgIpc) is 3.37. The number of ether oxygens (including phenoxy) is 1. The Morgan fingerprint density at radius 3 is 2.56 bits per heavy atom. The predicted octanol–water partition coefficient (Wildman–Crippen LogP) is 4.29. The number of fused-ring (bicyclic) bond motifs is 1. The lowest BCUT2D eigenvalue weighted by molar-refractivity contribution is -0.119. The number of amides is 3. The van der Waals surface area contributed by atoms with Crippen LogP contribution < -0.4 is 5.32 Å². The van der Waals surface area contributed by atoms with Crippen LogP contribution in [0.15, 0.2) is 63.7 Å². The molecule has 0 aliphatic carbocycles. The minimum absolute atomic E-state index is 0.0160. The molecule has 0 saturated carbocycles. The van der Waals surface area contributed by atoms with Gasteiger partial charge in [0.1, 0.15) is 5.76 Å². The summed E-state index contributed by atoms with van der Waals surface area (Å²) >= 11 is 9.31. The number of benzene rings is 2. The van der Waals surface area contributed by atoms with Crippen LogP contribution in [0.5, 0.6) is 0 Å². The summed E-state index contributed by atoms with van der Waals surface area (Å²) in [5.41, 5.74) is 0.677. The summed E-state index contributed by atoms with van der Waals surface area (Å²) in [5.74, 6) is -1.96. The molecule has 1 aromatic heterocycles. The molecule has 4 rings (SSSR count). The molecule has 0 saturated heterocycles. The van der Waals surface area contributed by atoms with Gasteiger partial charge in [-0.05, 0) is 48.5 Å². The standard InChI is InChI=1S/C22H14BrClN2O6/c23-13-4-6-18(17(24)9-13)25-19(27)11-32-22(30)12-3-5-15-16(8-12)21(29)26(20(15)28)10-14-2-1-7-31-14/h1-9H,10-11H2,(H,25,27). The highest BCUT2D eigenvalue weighted by molar-refractivity contribution is 9.10. The van der Waals surface area contributed by atoms with E-state index in [1.54, 1.807) is 30.3 Å². The number of hydrogen-bond donors (Lipinski definition) is 1. The predicted molar refractivity (Wildman–Crippen MR) is 117 cm³/mol. The number of furan rings is 1. The molecule has 10 heteroatoms. The zero-order valence-electron chi connectivity index (χ0n) is 16.3. The minimum atomic E-state index is -0.811. The number of anilines is 1. The molecular formula is C22H14BrClN2O6. The van der Waals surface area contributed by atoms with Gasteiger partial charge in [0.05, 0.1) is 40.2 Å². The highest BCUT2D eigenvalue weighted by Crippen LogP contribution is 2.27. The lowest BCUT2D eigenvalue weighted by Gasteiger charge is -2.11. The normalized spacial score (nSPS) is 12.6. The van der Waals surface area contributed by atoms with Crippen molar-refractivity contribution in [2.24, 2.45) is 0 Å². The van der Waals surface area contributed by atoms with E-state index in [9.17, 15) is 19.2 Å². The first-order chi connectivity index (χ1) is 15.3. The summed E-state index contributed by atoms with van der Waals surface area (Å²) in [6, 6.07) is 12.3. The van der Waals surface area contributed by atoms with Crippen molar-refractivity contribution in [3.63, 3.8) is 0 Å². The number of esters is 1. The quantitative estimate of drug-likeness (QED) is 0.386. The molecule has 0 unspecified atom stereocenters. The Morgan fingerprint density at radius 1 is 1.06 bits per heavy atom. The number of halogens is 2. The van der Waals surface area contributed by atoms with Crippen molar-refractivity contribution in [1.29, 1.82) is 0 Å². The Kier molecular flexibility index (Phi) is 6.11. The first-order valence-corrected chi connectivity index (χ1v) is 10.5. The largest absolute Gasteiger partial charge is 0.467 e. The van der Waals surface area contributed by atoms with Gasteiger partial charge in [-0.3, -0.25) is 19.3 Å². The van der Waals surface area contributed by atoms with Gasteiger partial charge >= 0.3 is 5.97 Å². The van der Waals surface area contributed by atoms with E-state index in [0.29, 0.717) is 16.5 Å². The van der Waals surface area contributed by atoms with Crippen LogP contribution in [0.2, 0.25) is 5.02 Å². The lowest BCUT2D eigenvalue weighted by atomic mass is 10.1. The number of nitrogens with zero attached hydrogens (tertiary/aromatic N) is 1. The maximum atomic E-state index is 12.7.